The number of benzene rings is 1. The van der Waals surface area contributed by atoms with Gasteiger partial charge in [-0.1, -0.05) is 40.6 Å². The fourth-order valence-corrected chi connectivity index (χ4v) is 2.25. The van der Waals surface area contributed by atoms with Crippen molar-refractivity contribution in [1.29, 1.82) is 0 Å². The van der Waals surface area contributed by atoms with Crippen LogP contribution in [-0.2, 0) is 11.3 Å². The third kappa shape index (κ3) is 3.63. The van der Waals surface area contributed by atoms with Gasteiger partial charge >= 0.3 is 0 Å². The maximum Gasteiger partial charge on any atom is 0.0720 e. The molecule has 1 fully saturated rings. The highest BCUT2D eigenvalue weighted by Crippen LogP contribution is 2.28. The van der Waals surface area contributed by atoms with Crippen molar-refractivity contribution in [3.63, 3.8) is 0 Å². The minimum Gasteiger partial charge on any atom is -0.374 e. The first-order chi connectivity index (χ1) is 9.33. The fraction of sp³-hybridized carbons (Fsp3) is 0.500. The molecule has 1 unspecified atom stereocenters. The van der Waals surface area contributed by atoms with E-state index in [1.165, 1.54) is 0 Å². The van der Waals surface area contributed by atoms with E-state index in [1.807, 2.05) is 30.3 Å². The first kappa shape index (κ1) is 13.2. The molecule has 0 N–H and O–H groups in total. The highest BCUT2D eigenvalue weighted by molar-refractivity contribution is 5.13. The average molecular weight is 258 g/mol. The molecule has 1 aliphatic rings. The topological polar surface area (TPSA) is 107 Å². The maximum absolute atomic E-state index is 8.49. The Labute approximate surface area is 110 Å². The Balaban J connectivity index is 1.92. The number of azide groups is 2. The SMILES string of the molecule is [N-]=[N+]=N[C@H]1CC(OCc2ccccc2)C[C@H]1N=[N+]=[N-]. The van der Waals surface area contributed by atoms with Crippen molar-refractivity contribution in [2.24, 2.45) is 10.2 Å². The zero-order chi connectivity index (χ0) is 13.5. The Kier molecular flexibility index (Phi) is 4.64. The number of nitrogens with zero attached hydrogens (tertiary/aromatic N) is 6. The summed E-state index contributed by atoms with van der Waals surface area (Å²) >= 11 is 0. The summed E-state index contributed by atoms with van der Waals surface area (Å²) in [6, 6.07) is 9.24. The van der Waals surface area contributed by atoms with E-state index in [0.29, 0.717) is 19.4 Å². The standard InChI is InChI=1S/C12H14N6O/c13-17-15-11-6-10(7-12(11)16-18-14)19-8-9-4-2-1-3-5-9/h1-5,10-12H,6-8H2/t10?,11-,12+. The largest absolute Gasteiger partial charge is 0.374 e. The molecule has 1 aromatic carbocycles. The molecular formula is C12H14N6O. The molecule has 19 heavy (non-hydrogen) atoms. The minimum absolute atomic E-state index is 0.0359. The smallest absolute Gasteiger partial charge is 0.0720 e. The Morgan fingerprint density at radius 3 is 2.16 bits per heavy atom. The van der Waals surface area contributed by atoms with Gasteiger partial charge in [-0.05, 0) is 29.5 Å². The molecule has 98 valence electrons. The van der Waals surface area contributed by atoms with Crippen LogP contribution in [0.3, 0.4) is 0 Å². The summed E-state index contributed by atoms with van der Waals surface area (Å²) < 4.78 is 5.78. The lowest BCUT2D eigenvalue weighted by Crippen LogP contribution is -2.12. The molecule has 0 amide bonds. The molecule has 0 spiro atoms. The van der Waals surface area contributed by atoms with Crippen LogP contribution in [0.15, 0.2) is 40.6 Å². The van der Waals surface area contributed by atoms with E-state index >= 15 is 0 Å². The average Bonchev–Trinajstić information content (AvgIpc) is 2.81. The molecule has 0 bridgehead atoms. The second kappa shape index (κ2) is 6.66. The van der Waals surface area contributed by atoms with Gasteiger partial charge in [0.05, 0.1) is 12.7 Å². The van der Waals surface area contributed by atoms with Crippen molar-refractivity contribution in [3.05, 3.63) is 56.8 Å². The predicted molar refractivity (Wildman–Crippen MR) is 70.1 cm³/mol. The second-order valence-corrected chi connectivity index (χ2v) is 4.43. The van der Waals surface area contributed by atoms with E-state index < -0.39 is 0 Å². The van der Waals surface area contributed by atoms with Crippen LogP contribution >= 0.6 is 0 Å². The van der Waals surface area contributed by atoms with Crippen molar-refractivity contribution in [3.8, 4) is 0 Å². The van der Waals surface area contributed by atoms with Gasteiger partial charge in [-0.2, -0.15) is 0 Å². The van der Waals surface area contributed by atoms with E-state index in [2.05, 4.69) is 20.1 Å². The summed E-state index contributed by atoms with van der Waals surface area (Å²) in [5.74, 6) is 0. The number of ether oxygens (including phenoxy) is 1. The molecule has 7 heteroatoms. The van der Waals surface area contributed by atoms with Crippen LogP contribution in [0.2, 0.25) is 0 Å². The van der Waals surface area contributed by atoms with Crippen molar-refractivity contribution in [2.45, 2.75) is 37.6 Å². The Morgan fingerprint density at radius 2 is 1.63 bits per heavy atom. The summed E-state index contributed by atoms with van der Waals surface area (Å²) in [6.45, 7) is 0.511. The molecule has 0 aromatic heterocycles. The van der Waals surface area contributed by atoms with E-state index in [-0.39, 0.29) is 18.2 Å². The normalized spacial score (nSPS) is 25.4. The van der Waals surface area contributed by atoms with Crippen LogP contribution in [-0.4, -0.2) is 18.2 Å². The van der Waals surface area contributed by atoms with Crippen LogP contribution in [0.5, 0.6) is 0 Å². The monoisotopic (exact) mass is 258 g/mol. The van der Waals surface area contributed by atoms with Crippen LogP contribution in [0, 0.1) is 0 Å². The van der Waals surface area contributed by atoms with Gasteiger partial charge in [0.15, 0.2) is 0 Å². The zero-order valence-corrected chi connectivity index (χ0v) is 10.3. The minimum atomic E-state index is -0.304. The molecule has 1 saturated carbocycles. The summed E-state index contributed by atoms with van der Waals surface area (Å²) in [6.07, 6.45) is 1.16. The summed E-state index contributed by atoms with van der Waals surface area (Å²) in [4.78, 5) is 5.58. The van der Waals surface area contributed by atoms with Crippen molar-refractivity contribution in [2.75, 3.05) is 0 Å². The number of rotatable bonds is 5. The van der Waals surface area contributed by atoms with Crippen molar-refractivity contribution >= 4 is 0 Å². The molecule has 0 aliphatic heterocycles. The third-order valence-corrected chi connectivity index (χ3v) is 3.18. The molecule has 0 radical (unpaired) electrons. The quantitative estimate of drug-likeness (QED) is 0.447. The van der Waals surface area contributed by atoms with E-state index in [1.54, 1.807) is 0 Å². The van der Waals surface area contributed by atoms with E-state index in [4.69, 9.17) is 15.8 Å². The first-order valence-electron chi connectivity index (χ1n) is 6.07. The number of hydrogen-bond acceptors (Lipinski definition) is 3. The molecule has 3 atom stereocenters. The van der Waals surface area contributed by atoms with Gasteiger partial charge in [0, 0.05) is 21.9 Å². The number of hydrogen-bond donors (Lipinski definition) is 0. The molecular weight excluding hydrogens is 244 g/mol. The van der Waals surface area contributed by atoms with Crippen LogP contribution in [0.1, 0.15) is 18.4 Å². The van der Waals surface area contributed by atoms with E-state index in [9.17, 15) is 0 Å². The van der Waals surface area contributed by atoms with Gasteiger partial charge < -0.3 is 4.74 Å². The first-order valence-corrected chi connectivity index (χ1v) is 6.07. The Morgan fingerprint density at radius 1 is 1.05 bits per heavy atom. The Bertz CT molecular complexity index is 480. The van der Waals surface area contributed by atoms with Gasteiger partial charge in [0.2, 0.25) is 0 Å². The Hall–Kier alpha value is -2.20. The lowest BCUT2D eigenvalue weighted by molar-refractivity contribution is 0.0441. The van der Waals surface area contributed by atoms with Gasteiger partial charge in [0.1, 0.15) is 0 Å². The summed E-state index contributed by atoms with van der Waals surface area (Å²) in [5.41, 5.74) is 18.1. The summed E-state index contributed by atoms with van der Waals surface area (Å²) in [5, 5.41) is 7.33. The van der Waals surface area contributed by atoms with E-state index in [0.717, 1.165) is 5.56 Å². The molecule has 0 saturated heterocycles. The van der Waals surface area contributed by atoms with Gasteiger partial charge in [-0.25, -0.2) is 0 Å². The third-order valence-electron chi connectivity index (χ3n) is 3.18. The lowest BCUT2D eigenvalue weighted by atomic mass is 10.2. The zero-order valence-electron chi connectivity index (χ0n) is 10.3. The molecule has 1 aliphatic carbocycles. The van der Waals surface area contributed by atoms with Crippen LogP contribution in [0.25, 0.3) is 20.9 Å². The highest BCUT2D eigenvalue weighted by atomic mass is 16.5. The molecule has 1 aromatic rings. The fourth-order valence-electron chi connectivity index (χ4n) is 2.25. The van der Waals surface area contributed by atoms with Crippen molar-refractivity contribution in [1.82, 2.24) is 0 Å². The van der Waals surface area contributed by atoms with Gasteiger partial charge in [-0.15, -0.1) is 0 Å². The molecule has 2 rings (SSSR count). The van der Waals surface area contributed by atoms with Gasteiger partial charge in [-0.3, -0.25) is 0 Å². The predicted octanol–water partition coefficient (Wildman–Crippen LogP) is 3.72. The van der Waals surface area contributed by atoms with Crippen LogP contribution < -0.4 is 0 Å². The second-order valence-electron chi connectivity index (χ2n) is 4.43. The van der Waals surface area contributed by atoms with Crippen molar-refractivity contribution < 1.29 is 4.74 Å². The summed E-state index contributed by atoms with van der Waals surface area (Å²) in [7, 11) is 0. The molecule has 0 heterocycles. The maximum atomic E-state index is 8.49. The lowest BCUT2D eigenvalue weighted by Gasteiger charge is -2.11. The van der Waals surface area contributed by atoms with Gasteiger partial charge in [0.25, 0.3) is 0 Å². The molecule has 7 nitrogen and oxygen atoms in total. The highest BCUT2D eigenvalue weighted by Gasteiger charge is 2.33. The van der Waals surface area contributed by atoms with Crippen LogP contribution in [0.4, 0.5) is 0 Å².